The molecule has 4 N–H and O–H groups in total. The maximum atomic E-state index is 13.0. The molecule has 0 radical (unpaired) electrons. The number of nitrogens with zero attached hydrogens (tertiary/aromatic N) is 4. The standard InChI is InChI=1S/C21H26F3N7/c1-31-19-16(11-27-31)18(28-15-9-7-14(8-10-15)21(22,23)24)29-20(30-19)26-12-17(25)13-5-3-2-4-6-13/h2-6,11,14-15,17H,7-10,12,25H2,1H3,(H2,26,28,29,30)/t14?,15?,17-/m0/s1. The Morgan fingerprint density at radius 2 is 1.84 bits per heavy atom. The molecule has 3 aromatic rings. The maximum Gasteiger partial charge on any atom is 0.391 e. The Morgan fingerprint density at radius 1 is 1.13 bits per heavy atom. The van der Waals surface area contributed by atoms with Gasteiger partial charge in [0, 0.05) is 25.7 Å². The molecule has 4 rings (SSSR count). The monoisotopic (exact) mass is 433 g/mol. The van der Waals surface area contributed by atoms with Gasteiger partial charge in [-0.25, -0.2) is 0 Å². The minimum absolute atomic E-state index is 0.0728. The number of alkyl halides is 3. The molecule has 0 saturated heterocycles. The van der Waals surface area contributed by atoms with Crippen molar-refractivity contribution in [1.82, 2.24) is 19.7 Å². The van der Waals surface area contributed by atoms with Gasteiger partial charge in [0.2, 0.25) is 5.95 Å². The van der Waals surface area contributed by atoms with Gasteiger partial charge in [-0.1, -0.05) is 30.3 Å². The van der Waals surface area contributed by atoms with Crippen LogP contribution in [0.5, 0.6) is 0 Å². The molecule has 0 spiro atoms. The lowest BCUT2D eigenvalue weighted by Gasteiger charge is -2.30. The summed E-state index contributed by atoms with van der Waals surface area (Å²) < 4.78 is 40.5. The number of hydrogen-bond donors (Lipinski definition) is 3. The van der Waals surface area contributed by atoms with Gasteiger partial charge in [0.25, 0.3) is 0 Å². The lowest BCUT2D eigenvalue weighted by Crippen LogP contribution is -2.33. The summed E-state index contributed by atoms with van der Waals surface area (Å²) in [6.45, 7) is 0.434. The number of benzene rings is 1. The van der Waals surface area contributed by atoms with Crippen LogP contribution >= 0.6 is 0 Å². The molecule has 2 aromatic heterocycles. The van der Waals surface area contributed by atoms with E-state index in [0.29, 0.717) is 36.8 Å². The number of rotatable bonds is 6. The highest BCUT2D eigenvalue weighted by Crippen LogP contribution is 2.38. The fraction of sp³-hybridized carbons (Fsp3) is 0.476. The molecule has 0 unspecified atom stereocenters. The number of aryl methyl sites for hydroxylation is 1. The third-order valence-corrected chi connectivity index (χ3v) is 5.83. The second-order valence-electron chi connectivity index (χ2n) is 8.03. The fourth-order valence-corrected chi connectivity index (χ4v) is 3.99. The number of fused-ring (bicyclic) bond motifs is 1. The molecule has 0 bridgehead atoms. The van der Waals surface area contributed by atoms with Crippen molar-refractivity contribution in [2.75, 3.05) is 17.2 Å². The summed E-state index contributed by atoms with van der Waals surface area (Å²) in [4.78, 5) is 9.11. The summed E-state index contributed by atoms with van der Waals surface area (Å²) in [5.74, 6) is -0.246. The van der Waals surface area contributed by atoms with Crippen molar-refractivity contribution in [1.29, 1.82) is 0 Å². The minimum Gasteiger partial charge on any atom is -0.367 e. The Balaban J connectivity index is 1.48. The predicted octanol–water partition coefficient (Wildman–Crippen LogP) is 4.01. The summed E-state index contributed by atoms with van der Waals surface area (Å²) >= 11 is 0. The molecule has 1 saturated carbocycles. The second-order valence-corrected chi connectivity index (χ2v) is 8.03. The van der Waals surface area contributed by atoms with Crippen molar-refractivity contribution in [2.45, 2.75) is 43.9 Å². The molecular formula is C21H26F3N7. The Hall–Kier alpha value is -2.88. The average Bonchev–Trinajstić information content (AvgIpc) is 3.13. The van der Waals surface area contributed by atoms with E-state index in [2.05, 4.69) is 25.7 Å². The van der Waals surface area contributed by atoms with Crippen LogP contribution in [0.4, 0.5) is 24.9 Å². The largest absolute Gasteiger partial charge is 0.391 e. The van der Waals surface area contributed by atoms with Gasteiger partial charge in [0.15, 0.2) is 5.65 Å². The van der Waals surface area contributed by atoms with Crippen molar-refractivity contribution >= 4 is 22.8 Å². The van der Waals surface area contributed by atoms with Gasteiger partial charge in [-0.15, -0.1) is 0 Å². The highest BCUT2D eigenvalue weighted by molar-refractivity contribution is 5.87. The Labute approximate surface area is 178 Å². The van der Waals surface area contributed by atoms with E-state index in [-0.39, 0.29) is 24.9 Å². The van der Waals surface area contributed by atoms with E-state index < -0.39 is 12.1 Å². The van der Waals surface area contributed by atoms with Gasteiger partial charge in [0.1, 0.15) is 5.82 Å². The molecule has 7 nitrogen and oxygen atoms in total. The summed E-state index contributed by atoms with van der Waals surface area (Å²) in [5.41, 5.74) is 7.89. The predicted molar refractivity (Wildman–Crippen MR) is 114 cm³/mol. The van der Waals surface area contributed by atoms with Crippen molar-refractivity contribution in [2.24, 2.45) is 18.7 Å². The molecule has 1 fully saturated rings. The number of aromatic nitrogens is 4. The maximum absolute atomic E-state index is 13.0. The van der Waals surface area contributed by atoms with Crippen LogP contribution in [0.2, 0.25) is 0 Å². The summed E-state index contributed by atoms with van der Waals surface area (Å²) in [6.07, 6.45) is -1.32. The zero-order chi connectivity index (χ0) is 22.0. The van der Waals surface area contributed by atoms with Gasteiger partial charge in [-0.3, -0.25) is 4.68 Å². The summed E-state index contributed by atoms with van der Waals surface area (Å²) in [5, 5.41) is 11.5. The van der Waals surface area contributed by atoms with E-state index in [1.807, 2.05) is 30.3 Å². The van der Waals surface area contributed by atoms with Crippen LogP contribution in [0.15, 0.2) is 36.5 Å². The third kappa shape index (κ3) is 4.90. The highest BCUT2D eigenvalue weighted by atomic mass is 19.4. The molecule has 0 amide bonds. The van der Waals surface area contributed by atoms with Crippen molar-refractivity contribution in [3.05, 3.63) is 42.1 Å². The lowest BCUT2D eigenvalue weighted by atomic mass is 9.85. The van der Waals surface area contributed by atoms with Crippen LogP contribution in [0.1, 0.15) is 37.3 Å². The van der Waals surface area contributed by atoms with Crippen molar-refractivity contribution in [3.63, 3.8) is 0 Å². The van der Waals surface area contributed by atoms with E-state index in [9.17, 15) is 13.2 Å². The van der Waals surface area contributed by atoms with E-state index in [1.54, 1.807) is 17.9 Å². The molecule has 1 aliphatic carbocycles. The number of nitrogens with one attached hydrogen (secondary N) is 2. The molecule has 2 heterocycles. The molecule has 1 aromatic carbocycles. The Kier molecular flexibility index (Phi) is 5.99. The van der Waals surface area contributed by atoms with Gasteiger partial charge in [-0.2, -0.15) is 28.2 Å². The van der Waals surface area contributed by atoms with Gasteiger partial charge in [0.05, 0.1) is 17.5 Å². The zero-order valence-electron chi connectivity index (χ0n) is 17.2. The number of hydrogen-bond acceptors (Lipinski definition) is 6. The Bertz CT molecular complexity index is 1010. The van der Waals surface area contributed by atoms with Crippen molar-refractivity contribution < 1.29 is 13.2 Å². The fourth-order valence-electron chi connectivity index (χ4n) is 3.99. The summed E-state index contributed by atoms with van der Waals surface area (Å²) in [7, 11) is 1.78. The first kappa shape index (κ1) is 21.4. The third-order valence-electron chi connectivity index (χ3n) is 5.83. The SMILES string of the molecule is Cn1ncc2c(NC3CCC(C(F)(F)F)CC3)nc(NC[C@H](N)c3ccccc3)nc21. The molecule has 166 valence electrons. The topological polar surface area (TPSA) is 93.7 Å². The number of nitrogens with two attached hydrogens (primary N) is 1. The van der Waals surface area contributed by atoms with Crippen LogP contribution in [0.3, 0.4) is 0 Å². The Morgan fingerprint density at radius 3 is 2.52 bits per heavy atom. The number of halogens is 3. The van der Waals surface area contributed by atoms with E-state index in [4.69, 9.17) is 5.73 Å². The van der Waals surface area contributed by atoms with Gasteiger partial charge in [-0.05, 0) is 31.2 Å². The van der Waals surface area contributed by atoms with E-state index in [1.165, 1.54) is 0 Å². The lowest BCUT2D eigenvalue weighted by molar-refractivity contribution is -0.182. The van der Waals surface area contributed by atoms with Crippen LogP contribution in [0.25, 0.3) is 11.0 Å². The highest BCUT2D eigenvalue weighted by Gasteiger charge is 2.41. The zero-order valence-corrected chi connectivity index (χ0v) is 17.2. The summed E-state index contributed by atoms with van der Waals surface area (Å²) in [6, 6.07) is 9.41. The smallest absolute Gasteiger partial charge is 0.367 e. The van der Waals surface area contributed by atoms with E-state index in [0.717, 1.165) is 10.9 Å². The number of anilines is 2. The molecule has 0 aliphatic heterocycles. The first-order valence-electron chi connectivity index (χ1n) is 10.4. The van der Waals surface area contributed by atoms with Crippen LogP contribution < -0.4 is 16.4 Å². The van der Waals surface area contributed by atoms with Crippen LogP contribution in [-0.4, -0.2) is 38.5 Å². The molecular weight excluding hydrogens is 407 g/mol. The molecule has 1 aliphatic rings. The molecule has 1 atom stereocenters. The van der Waals surface area contributed by atoms with Crippen LogP contribution in [-0.2, 0) is 7.05 Å². The normalized spacial score (nSPS) is 20.5. The minimum atomic E-state index is -4.12. The van der Waals surface area contributed by atoms with Gasteiger partial charge >= 0.3 is 6.18 Å². The molecule has 10 heteroatoms. The average molecular weight is 433 g/mol. The molecule has 31 heavy (non-hydrogen) atoms. The quantitative estimate of drug-likeness (QED) is 0.544. The first-order chi connectivity index (χ1) is 14.8. The van der Waals surface area contributed by atoms with Crippen molar-refractivity contribution in [3.8, 4) is 0 Å². The van der Waals surface area contributed by atoms with Crippen LogP contribution in [0, 0.1) is 5.92 Å². The second kappa shape index (κ2) is 8.70. The van der Waals surface area contributed by atoms with Gasteiger partial charge < -0.3 is 16.4 Å². The first-order valence-corrected chi connectivity index (χ1v) is 10.4. The van der Waals surface area contributed by atoms with E-state index >= 15 is 0 Å².